The number of rotatable bonds is 6. The molecule has 1 saturated carbocycles. The minimum absolute atomic E-state index is 0.309. The van der Waals surface area contributed by atoms with E-state index in [2.05, 4.69) is 0 Å². The molecule has 4 nitrogen and oxygen atoms in total. The average molecular weight is 256 g/mol. The monoisotopic (exact) mass is 256 g/mol. The highest BCUT2D eigenvalue weighted by molar-refractivity contribution is 5.74. The number of aliphatic carboxylic acids is 2. The summed E-state index contributed by atoms with van der Waals surface area (Å²) in [7, 11) is 0. The van der Waals surface area contributed by atoms with Crippen LogP contribution in [0.4, 0.5) is 0 Å². The van der Waals surface area contributed by atoms with Crippen LogP contribution in [-0.4, -0.2) is 22.2 Å². The number of hydrogen-bond acceptors (Lipinski definition) is 2. The van der Waals surface area contributed by atoms with Crippen LogP contribution >= 0.6 is 0 Å². The minimum Gasteiger partial charge on any atom is -0.481 e. The fourth-order valence-corrected chi connectivity index (χ4v) is 3.68. The van der Waals surface area contributed by atoms with Gasteiger partial charge in [-0.25, -0.2) is 0 Å². The molecular weight excluding hydrogens is 232 g/mol. The molecule has 1 aliphatic rings. The van der Waals surface area contributed by atoms with Crippen LogP contribution in [0.3, 0.4) is 0 Å². The van der Waals surface area contributed by atoms with Gasteiger partial charge in [-0.15, -0.1) is 0 Å². The Morgan fingerprint density at radius 2 is 1.61 bits per heavy atom. The lowest BCUT2D eigenvalue weighted by atomic mass is 9.59. The predicted molar refractivity (Wildman–Crippen MR) is 68.4 cm³/mol. The molecule has 4 heteroatoms. The largest absolute Gasteiger partial charge is 0.481 e. The maximum atomic E-state index is 11.4. The van der Waals surface area contributed by atoms with Gasteiger partial charge in [-0.2, -0.15) is 0 Å². The van der Waals surface area contributed by atoms with Crippen molar-refractivity contribution in [3.05, 3.63) is 0 Å². The second-order valence-electron chi connectivity index (χ2n) is 5.57. The standard InChI is InChI=1S/C14H24O4/c1-3-7-14(8-4-2)9-10(12(15)16)5-6-11(14)13(17)18/h10-11H,3-9H2,1-2H3,(H,15,16)(H,17,18). The van der Waals surface area contributed by atoms with Gasteiger partial charge in [-0.3, -0.25) is 9.59 Å². The lowest BCUT2D eigenvalue weighted by Gasteiger charge is -2.44. The fourth-order valence-electron chi connectivity index (χ4n) is 3.68. The molecular formula is C14H24O4. The van der Waals surface area contributed by atoms with Crippen LogP contribution < -0.4 is 0 Å². The first-order chi connectivity index (χ1) is 8.46. The fraction of sp³-hybridized carbons (Fsp3) is 0.857. The van der Waals surface area contributed by atoms with Crippen molar-refractivity contribution < 1.29 is 19.8 Å². The highest BCUT2D eigenvalue weighted by atomic mass is 16.4. The zero-order chi connectivity index (χ0) is 13.8. The van der Waals surface area contributed by atoms with E-state index in [1.165, 1.54) is 0 Å². The summed E-state index contributed by atoms with van der Waals surface area (Å²) in [5.74, 6) is -2.25. The van der Waals surface area contributed by atoms with Gasteiger partial charge in [0, 0.05) is 0 Å². The van der Waals surface area contributed by atoms with Crippen molar-refractivity contribution in [2.75, 3.05) is 0 Å². The van der Waals surface area contributed by atoms with E-state index in [0.29, 0.717) is 19.3 Å². The smallest absolute Gasteiger partial charge is 0.307 e. The molecule has 0 amide bonds. The summed E-state index contributed by atoms with van der Waals surface area (Å²) in [6, 6.07) is 0. The van der Waals surface area contributed by atoms with Crippen molar-refractivity contribution in [1.29, 1.82) is 0 Å². The maximum Gasteiger partial charge on any atom is 0.307 e. The molecule has 1 rings (SSSR count). The summed E-state index contributed by atoms with van der Waals surface area (Å²) < 4.78 is 0. The highest BCUT2D eigenvalue weighted by Crippen LogP contribution is 2.50. The van der Waals surface area contributed by atoms with E-state index < -0.39 is 11.9 Å². The van der Waals surface area contributed by atoms with Gasteiger partial charge in [0.05, 0.1) is 11.8 Å². The molecule has 1 aliphatic carbocycles. The second-order valence-corrected chi connectivity index (χ2v) is 5.57. The zero-order valence-electron chi connectivity index (χ0n) is 11.3. The first-order valence-electron chi connectivity index (χ1n) is 6.92. The zero-order valence-corrected chi connectivity index (χ0v) is 11.3. The number of carbonyl (C=O) groups is 2. The molecule has 2 unspecified atom stereocenters. The van der Waals surface area contributed by atoms with Crippen LogP contribution in [-0.2, 0) is 9.59 Å². The molecule has 0 saturated heterocycles. The molecule has 0 aromatic carbocycles. The van der Waals surface area contributed by atoms with Crippen LogP contribution in [0.25, 0.3) is 0 Å². The quantitative estimate of drug-likeness (QED) is 0.765. The Morgan fingerprint density at radius 3 is 2.00 bits per heavy atom. The van der Waals surface area contributed by atoms with Crippen LogP contribution in [0.2, 0.25) is 0 Å². The summed E-state index contributed by atoms with van der Waals surface area (Å²) in [6.07, 6.45) is 5.00. The molecule has 0 aliphatic heterocycles. The average Bonchev–Trinajstić information content (AvgIpc) is 2.28. The number of carboxylic acids is 2. The van der Waals surface area contributed by atoms with Crippen molar-refractivity contribution in [1.82, 2.24) is 0 Å². The Balaban J connectivity index is 2.99. The molecule has 0 spiro atoms. The molecule has 18 heavy (non-hydrogen) atoms. The summed E-state index contributed by atoms with van der Waals surface area (Å²) in [6.45, 7) is 4.08. The van der Waals surface area contributed by atoms with Gasteiger partial charge in [-0.1, -0.05) is 26.7 Å². The topological polar surface area (TPSA) is 74.6 Å². The SMILES string of the molecule is CCCC1(CCC)CC(C(=O)O)CCC1C(=O)O. The Kier molecular flexibility index (Phi) is 5.17. The third-order valence-corrected chi connectivity index (χ3v) is 4.34. The van der Waals surface area contributed by atoms with Crippen molar-refractivity contribution in [2.45, 2.75) is 58.8 Å². The second kappa shape index (κ2) is 6.21. The van der Waals surface area contributed by atoms with E-state index in [-0.39, 0.29) is 17.3 Å². The maximum absolute atomic E-state index is 11.4. The van der Waals surface area contributed by atoms with E-state index >= 15 is 0 Å². The van der Waals surface area contributed by atoms with Crippen molar-refractivity contribution in [3.8, 4) is 0 Å². The normalized spacial score (nSPS) is 26.8. The van der Waals surface area contributed by atoms with Crippen molar-refractivity contribution in [3.63, 3.8) is 0 Å². The third kappa shape index (κ3) is 3.03. The minimum atomic E-state index is -0.768. The lowest BCUT2D eigenvalue weighted by molar-refractivity contribution is -0.157. The molecule has 0 heterocycles. The van der Waals surface area contributed by atoms with Crippen molar-refractivity contribution >= 4 is 11.9 Å². The first kappa shape index (κ1) is 15.0. The van der Waals surface area contributed by atoms with E-state index in [0.717, 1.165) is 25.7 Å². The van der Waals surface area contributed by atoms with Gasteiger partial charge in [0.25, 0.3) is 0 Å². The lowest BCUT2D eigenvalue weighted by Crippen LogP contribution is -2.43. The summed E-state index contributed by atoms with van der Waals surface area (Å²) >= 11 is 0. The Hall–Kier alpha value is -1.06. The van der Waals surface area contributed by atoms with Gasteiger partial charge in [0.1, 0.15) is 0 Å². The first-order valence-corrected chi connectivity index (χ1v) is 6.92. The molecule has 0 aromatic rings. The predicted octanol–water partition coefficient (Wildman–Crippen LogP) is 3.16. The Morgan fingerprint density at radius 1 is 1.06 bits per heavy atom. The summed E-state index contributed by atoms with van der Waals surface area (Å²) in [5, 5.41) is 18.6. The van der Waals surface area contributed by atoms with E-state index in [1.807, 2.05) is 13.8 Å². The third-order valence-electron chi connectivity index (χ3n) is 4.34. The molecule has 0 radical (unpaired) electrons. The van der Waals surface area contributed by atoms with Gasteiger partial charge in [0.2, 0.25) is 0 Å². The molecule has 2 N–H and O–H groups in total. The van der Waals surface area contributed by atoms with Crippen LogP contribution in [0.1, 0.15) is 58.8 Å². The van der Waals surface area contributed by atoms with E-state index in [9.17, 15) is 19.8 Å². The van der Waals surface area contributed by atoms with E-state index in [4.69, 9.17) is 0 Å². The van der Waals surface area contributed by atoms with Gasteiger partial charge in [0.15, 0.2) is 0 Å². The molecule has 2 atom stereocenters. The number of carboxylic acid groups (broad SMARTS) is 2. The van der Waals surface area contributed by atoms with Crippen molar-refractivity contribution in [2.24, 2.45) is 17.3 Å². The molecule has 104 valence electrons. The summed E-state index contributed by atoms with van der Waals surface area (Å²) in [5.41, 5.74) is -0.309. The Bertz CT molecular complexity index is 305. The molecule has 0 aromatic heterocycles. The van der Waals surface area contributed by atoms with Crippen LogP contribution in [0, 0.1) is 17.3 Å². The van der Waals surface area contributed by atoms with Gasteiger partial charge in [-0.05, 0) is 37.5 Å². The van der Waals surface area contributed by atoms with Crippen LogP contribution in [0.15, 0.2) is 0 Å². The summed E-state index contributed by atoms with van der Waals surface area (Å²) in [4.78, 5) is 22.6. The van der Waals surface area contributed by atoms with E-state index in [1.54, 1.807) is 0 Å². The van der Waals surface area contributed by atoms with Crippen LogP contribution in [0.5, 0.6) is 0 Å². The van der Waals surface area contributed by atoms with Gasteiger partial charge >= 0.3 is 11.9 Å². The van der Waals surface area contributed by atoms with Gasteiger partial charge < -0.3 is 10.2 Å². The number of hydrogen-bond donors (Lipinski definition) is 2. The molecule has 0 bridgehead atoms. The highest BCUT2D eigenvalue weighted by Gasteiger charge is 2.47. The molecule has 1 fully saturated rings. The Labute approximate surface area is 108 Å².